The van der Waals surface area contributed by atoms with Crippen molar-refractivity contribution >= 4 is 34.3 Å². The summed E-state index contributed by atoms with van der Waals surface area (Å²) in [5.74, 6) is -0.0105. The minimum absolute atomic E-state index is 0.0885. The number of nitrogens with one attached hydrogen (secondary N) is 1. The molecule has 0 aliphatic heterocycles. The summed E-state index contributed by atoms with van der Waals surface area (Å²) in [7, 11) is 0. The SMILES string of the molecule is CCCCn1c(=O)c2ccccc2n2c(S[C@H](C)C(=O)N[C@H](C)c3ccc(F)cc3)nnc12. The molecule has 0 saturated heterocycles. The van der Waals surface area contributed by atoms with E-state index in [1.54, 1.807) is 29.7 Å². The van der Waals surface area contributed by atoms with Gasteiger partial charge in [0.05, 0.1) is 22.2 Å². The summed E-state index contributed by atoms with van der Waals surface area (Å²) < 4.78 is 16.7. The number of unbranched alkanes of at least 4 members (excludes halogenated alkanes) is 1. The molecular formula is C24H26FN5O2S. The lowest BCUT2D eigenvalue weighted by atomic mass is 10.1. The number of halogens is 1. The van der Waals surface area contributed by atoms with Crippen molar-refractivity contribution in [2.24, 2.45) is 0 Å². The number of thioether (sulfide) groups is 1. The van der Waals surface area contributed by atoms with E-state index in [0.29, 0.717) is 28.4 Å². The maximum atomic E-state index is 13.2. The minimum atomic E-state index is -0.463. The number of aromatic nitrogens is 4. The van der Waals surface area contributed by atoms with Crippen LogP contribution in [-0.2, 0) is 11.3 Å². The molecular weight excluding hydrogens is 441 g/mol. The highest BCUT2D eigenvalue weighted by Gasteiger charge is 2.22. The molecule has 0 unspecified atom stereocenters. The Morgan fingerprint density at radius 3 is 2.58 bits per heavy atom. The zero-order valence-corrected chi connectivity index (χ0v) is 19.6. The van der Waals surface area contributed by atoms with Crippen molar-refractivity contribution in [3.63, 3.8) is 0 Å². The topological polar surface area (TPSA) is 81.3 Å². The van der Waals surface area contributed by atoms with Gasteiger partial charge in [-0.15, -0.1) is 10.2 Å². The Bertz CT molecular complexity index is 1350. The number of fused-ring (bicyclic) bond motifs is 3. The summed E-state index contributed by atoms with van der Waals surface area (Å²) in [5, 5.41) is 12.3. The number of carbonyl (C=O) groups is 1. The summed E-state index contributed by atoms with van der Waals surface area (Å²) in [6, 6.07) is 13.2. The Labute approximate surface area is 195 Å². The summed E-state index contributed by atoms with van der Waals surface area (Å²) >= 11 is 1.28. The largest absolute Gasteiger partial charge is 0.349 e. The first kappa shape index (κ1) is 23.0. The summed E-state index contributed by atoms with van der Waals surface area (Å²) in [6.07, 6.45) is 1.80. The quantitative estimate of drug-likeness (QED) is 0.390. The zero-order chi connectivity index (χ0) is 23.5. The number of aryl methyl sites for hydroxylation is 1. The van der Waals surface area contributed by atoms with Crippen LogP contribution < -0.4 is 10.9 Å². The molecule has 1 N–H and O–H groups in total. The van der Waals surface area contributed by atoms with Crippen LogP contribution in [-0.4, -0.2) is 30.3 Å². The molecule has 7 nitrogen and oxygen atoms in total. The van der Waals surface area contributed by atoms with E-state index in [2.05, 4.69) is 22.4 Å². The lowest BCUT2D eigenvalue weighted by Crippen LogP contribution is -2.33. The molecule has 9 heteroatoms. The smallest absolute Gasteiger partial charge is 0.262 e. The van der Waals surface area contributed by atoms with E-state index in [4.69, 9.17) is 0 Å². The van der Waals surface area contributed by atoms with Gasteiger partial charge >= 0.3 is 0 Å². The second-order valence-electron chi connectivity index (χ2n) is 7.99. The molecule has 0 radical (unpaired) electrons. The highest BCUT2D eigenvalue weighted by molar-refractivity contribution is 8.00. The van der Waals surface area contributed by atoms with Crippen molar-refractivity contribution in [3.05, 3.63) is 70.3 Å². The van der Waals surface area contributed by atoms with Gasteiger partial charge in [-0.25, -0.2) is 4.39 Å². The maximum Gasteiger partial charge on any atom is 0.262 e. The first-order chi connectivity index (χ1) is 15.9. The number of hydrogen-bond acceptors (Lipinski definition) is 5. The molecule has 172 valence electrons. The first-order valence-electron chi connectivity index (χ1n) is 11.0. The van der Waals surface area contributed by atoms with Crippen LogP contribution in [0.25, 0.3) is 16.7 Å². The molecule has 33 heavy (non-hydrogen) atoms. The molecule has 4 rings (SSSR count). The van der Waals surface area contributed by atoms with Gasteiger partial charge < -0.3 is 5.32 Å². The number of nitrogens with zero attached hydrogens (tertiary/aromatic N) is 4. The molecule has 0 aliphatic carbocycles. The number of carbonyl (C=O) groups excluding carboxylic acids is 1. The predicted molar refractivity (Wildman–Crippen MR) is 128 cm³/mol. The Morgan fingerprint density at radius 2 is 1.85 bits per heavy atom. The van der Waals surface area contributed by atoms with Crippen LogP contribution in [0.1, 0.15) is 45.2 Å². The van der Waals surface area contributed by atoms with Gasteiger partial charge in [-0.2, -0.15) is 0 Å². The van der Waals surface area contributed by atoms with Crippen LogP contribution in [0.3, 0.4) is 0 Å². The maximum absolute atomic E-state index is 13.2. The molecule has 2 aromatic carbocycles. The van der Waals surface area contributed by atoms with E-state index >= 15 is 0 Å². The van der Waals surface area contributed by atoms with Crippen LogP contribution >= 0.6 is 11.8 Å². The Kier molecular flexibility index (Phi) is 6.78. The molecule has 4 aromatic rings. The Hall–Kier alpha value is -3.20. The van der Waals surface area contributed by atoms with E-state index in [0.717, 1.165) is 18.4 Å². The highest BCUT2D eigenvalue weighted by atomic mass is 32.2. The summed E-state index contributed by atoms with van der Waals surface area (Å²) in [5.41, 5.74) is 1.44. The van der Waals surface area contributed by atoms with Crippen LogP contribution in [0.4, 0.5) is 4.39 Å². The number of rotatable bonds is 8. The van der Waals surface area contributed by atoms with Gasteiger partial charge in [0.2, 0.25) is 11.7 Å². The van der Waals surface area contributed by atoms with Gasteiger partial charge in [0.1, 0.15) is 5.82 Å². The van der Waals surface area contributed by atoms with Gasteiger partial charge in [-0.05, 0) is 50.1 Å². The zero-order valence-electron chi connectivity index (χ0n) is 18.8. The molecule has 2 atom stereocenters. The lowest BCUT2D eigenvalue weighted by Gasteiger charge is -2.17. The van der Waals surface area contributed by atoms with Gasteiger partial charge in [0.25, 0.3) is 5.56 Å². The minimum Gasteiger partial charge on any atom is -0.349 e. The normalized spacial score (nSPS) is 13.3. The highest BCUT2D eigenvalue weighted by Crippen LogP contribution is 2.26. The third-order valence-corrected chi connectivity index (χ3v) is 6.64. The standard InChI is InChI=1S/C24H26FN5O2S/c1-4-5-14-29-22(32)19-8-6-7-9-20(19)30-23(29)27-28-24(30)33-16(3)21(31)26-15(2)17-10-12-18(25)13-11-17/h6-13,15-16H,4-5,14H2,1-3H3,(H,26,31)/t15-,16-/m1/s1. The average Bonchev–Trinajstić information content (AvgIpc) is 3.22. The Morgan fingerprint density at radius 1 is 1.12 bits per heavy atom. The molecule has 0 spiro atoms. The fraction of sp³-hybridized carbons (Fsp3) is 0.333. The van der Waals surface area contributed by atoms with Crippen molar-refractivity contribution in [2.75, 3.05) is 0 Å². The number of para-hydroxylation sites is 1. The van der Waals surface area contributed by atoms with Gasteiger partial charge in [0.15, 0.2) is 5.16 Å². The van der Waals surface area contributed by atoms with Crippen LogP contribution in [0.5, 0.6) is 0 Å². The summed E-state index contributed by atoms with van der Waals surface area (Å²) in [6.45, 7) is 6.28. The van der Waals surface area contributed by atoms with Crippen molar-refractivity contribution in [1.29, 1.82) is 0 Å². The molecule has 0 fully saturated rings. The number of benzene rings is 2. The average molecular weight is 468 g/mol. The number of hydrogen-bond donors (Lipinski definition) is 1. The molecule has 0 bridgehead atoms. The lowest BCUT2D eigenvalue weighted by molar-refractivity contribution is -0.120. The molecule has 1 amide bonds. The van der Waals surface area contributed by atoms with Crippen molar-refractivity contribution in [3.8, 4) is 0 Å². The third kappa shape index (κ3) is 4.64. The Balaban J connectivity index is 1.63. The van der Waals surface area contributed by atoms with E-state index in [9.17, 15) is 14.0 Å². The molecule has 2 aromatic heterocycles. The second kappa shape index (κ2) is 9.74. The molecule has 0 saturated carbocycles. The number of amides is 1. The third-order valence-electron chi connectivity index (χ3n) is 5.59. The van der Waals surface area contributed by atoms with Crippen LogP contribution in [0, 0.1) is 5.82 Å². The predicted octanol–water partition coefficient (Wildman–Crippen LogP) is 4.34. The summed E-state index contributed by atoms with van der Waals surface area (Å²) in [4.78, 5) is 25.9. The van der Waals surface area contributed by atoms with E-state index < -0.39 is 5.25 Å². The molecule has 2 heterocycles. The van der Waals surface area contributed by atoms with Gasteiger partial charge in [0, 0.05) is 6.54 Å². The molecule has 0 aliphatic rings. The van der Waals surface area contributed by atoms with Crippen molar-refractivity contribution < 1.29 is 9.18 Å². The van der Waals surface area contributed by atoms with Crippen LogP contribution in [0.15, 0.2) is 58.5 Å². The van der Waals surface area contributed by atoms with E-state index in [-0.39, 0.29) is 23.3 Å². The van der Waals surface area contributed by atoms with Gasteiger partial charge in [-0.3, -0.25) is 18.6 Å². The fourth-order valence-electron chi connectivity index (χ4n) is 3.70. The van der Waals surface area contributed by atoms with E-state index in [1.807, 2.05) is 29.5 Å². The monoisotopic (exact) mass is 467 g/mol. The second-order valence-corrected chi connectivity index (χ2v) is 9.30. The van der Waals surface area contributed by atoms with E-state index in [1.165, 1.54) is 23.9 Å². The van der Waals surface area contributed by atoms with Crippen molar-refractivity contribution in [1.82, 2.24) is 24.5 Å². The van der Waals surface area contributed by atoms with Crippen molar-refractivity contribution in [2.45, 2.75) is 56.6 Å². The van der Waals surface area contributed by atoms with Crippen LogP contribution in [0.2, 0.25) is 0 Å². The van der Waals surface area contributed by atoms with Gasteiger partial charge in [-0.1, -0.05) is 49.4 Å². The first-order valence-corrected chi connectivity index (χ1v) is 11.9. The fourth-order valence-corrected chi connectivity index (χ4v) is 4.57.